The van der Waals surface area contributed by atoms with Crippen molar-refractivity contribution in [3.63, 3.8) is 0 Å². The molecule has 1 atom stereocenters. The normalized spacial score (nSPS) is 20.4. The zero-order valence-corrected chi connectivity index (χ0v) is 16.4. The molecule has 0 bridgehead atoms. The number of hydrogen-bond acceptors (Lipinski definition) is 6. The molecule has 0 saturated heterocycles. The first-order valence-electron chi connectivity index (χ1n) is 9.98. The molecule has 2 aromatic rings. The number of carbonyl (C=O) groups is 1. The number of hydrogen-bond donors (Lipinski definition) is 5. The molecule has 0 radical (unpaired) electrons. The topological polar surface area (TPSA) is 103 Å². The Morgan fingerprint density at radius 2 is 1.97 bits per heavy atom. The van der Waals surface area contributed by atoms with E-state index in [2.05, 4.69) is 16.1 Å². The average molecular weight is 397 g/mol. The Labute approximate surface area is 170 Å². The second-order valence-corrected chi connectivity index (χ2v) is 7.83. The van der Waals surface area contributed by atoms with Gasteiger partial charge < -0.3 is 25.7 Å². The lowest BCUT2D eigenvalue weighted by molar-refractivity contribution is 0.0950. The molecule has 154 valence electrons. The van der Waals surface area contributed by atoms with Gasteiger partial charge >= 0.3 is 0 Å². The maximum absolute atomic E-state index is 12.6. The summed E-state index contributed by atoms with van der Waals surface area (Å²) in [7, 11) is 0. The lowest BCUT2D eigenvalue weighted by Gasteiger charge is -2.32. The number of rotatable bonds is 8. The highest BCUT2D eigenvalue weighted by atomic mass is 16.7. The van der Waals surface area contributed by atoms with Gasteiger partial charge in [-0.05, 0) is 49.1 Å². The molecule has 7 heteroatoms. The summed E-state index contributed by atoms with van der Waals surface area (Å²) in [6, 6.07) is 13.2. The molecular weight excluding hydrogens is 370 g/mol. The van der Waals surface area contributed by atoms with Crippen LogP contribution in [0.25, 0.3) is 0 Å². The van der Waals surface area contributed by atoms with Crippen LogP contribution in [0.15, 0.2) is 42.5 Å². The predicted molar refractivity (Wildman–Crippen MR) is 109 cm³/mol. The summed E-state index contributed by atoms with van der Waals surface area (Å²) < 4.78 is 0. The summed E-state index contributed by atoms with van der Waals surface area (Å²) in [5, 5.41) is 25.2. The minimum atomic E-state index is -0.765. The number of aliphatic hydroxyl groups excluding tert-OH is 2. The van der Waals surface area contributed by atoms with Crippen molar-refractivity contribution in [3.05, 3.63) is 64.7 Å². The quantitative estimate of drug-likeness (QED) is 0.455. The van der Waals surface area contributed by atoms with Crippen LogP contribution in [0.4, 0.5) is 0 Å². The van der Waals surface area contributed by atoms with Gasteiger partial charge in [-0.3, -0.25) is 4.79 Å². The number of aryl methyl sites for hydroxylation is 1. The van der Waals surface area contributed by atoms with Crippen LogP contribution in [0.3, 0.4) is 0 Å². The number of nitrogens with one attached hydrogen (secondary N) is 3. The van der Waals surface area contributed by atoms with Gasteiger partial charge in [0.25, 0.3) is 5.91 Å². The summed E-state index contributed by atoms with van der Waals surface area (Å²) in [5.41, 5.74) is 5.85. The number of hydroxylamine groups is 1. The van der Waals surface area contributed by atoms with Gasteiger partial charge in [0, 0.05) is 23.7 Å². The van der Waals surface area contributed by atoms with Gasteiger partial charge in [0.05, 0.1) is 19.3 Å². The van der Waals surface area contributed by atoms with Crippen molar-refractivity contribution in [3.8, 4) is 5.75 Å². The van der Waals surface area contributed by atoms with E-state index < -0.39 is 11.6 Å². The molecule has 1 aliphatic carbocycles. The minimum absolute atomic E-state index is 0.0762. The van der Waals surface area contributed by atoms with Crippen molar-refractivity contribution in [2.75, 3.05) is 19.8 Å². The van der Waals surface area contributed by atoms with Crippen LogP contribution in [0.1, 0.15) is 39.9 Å². The molecule has 4 rings (SSSR count). The van der Waals surface area contributed by atoms with Crippen LogP contribution in [0.2, 0.25) is 0 Å². The van der Waals surface area contributed by atoms with Gasteiger partial charge in [0.2, 0.25) is 0 Å². The van der Waals surface area contributed by atoms with E-state index >= 15 is 0 Å². The van der Waals surface area contributed by atoms with Crippen LogP contribution in [-0.2, 0) is 5.54 Å². The van der Waals surface area contributed by atoms with Gasteiger partial charge in [-0.1, -0.05) is 24.3 Å². The van der Waals surface area contributed by atoms with E-state index in [0.29, 0.717) is 17.9 Å². The fourth-order valence-electron chi connectivity index (χ4n) is 3.74. The summed E-state index contributed by atoms with van der Waals surface area (Å²) in [5.74, 6) is 0.638. The van der Waals surface area contributed by atoms with E-state index in [1.54, 1.807) is 0 Å². The predicted octanol–water partition coefficient (Wildman–Crippen LogP) is 0.971. The van der Waals surface area contributed by atoms with Gasteiger partial charge in [-0.15, -0.1) is 5.48 Å². The highest BCUT2D eigenvalue weighted by Gasteiger charge is 2.43. The molecule has 2 aliphatic rings. The van der Waals surface area contributed by atoms with E-state index in [1.807, 2.05) is 49.4 Å². The summed E-state index contributed by atoms with van der Waals surface area (Å²) in [6.07, 6.45) is 2.07. The zero-order chi connectivity index (χ0) is 20.4. The fourth-order valence-corrected chi connectivity index (χ4v) is 3.74. The lowest BCUT2D eigenvalue weighted by atomic mass is 9.80. The molecule has 0 aromatic heterocycles. The maximum atomic E-state index is 12.6. The second-order valence-electron chi connectivity index (χ2n) is 7.83. The summed E-state index contributed by atoms with van der Waals surface area (Å²) in [6.45, 7) is 2.00. The Morgan fingerprint density at radius 3 is 2.69 bits per heavy atom. The van der Waals surface area contributed by atoms with E-state index in [9.17, 15) is 15.0 Å². The third kappa shape index (κ3) is 3.86. The standard InChI is InChI=1S/C22H27N3O4/c1-14-6-7-15(21(28)24-16-8-9-16)10-19(14)22(13-23-17(11-26)12-27)18-4-2-3-5-20(18)29-25-22/h2-7,10,16-17,23,25-27H,8-9,11-13H2,1H3,(H,24,28). The Kier molecular flexibility index (Phi) is 5.56. The number of fused-ring (bicyclic) bond motifs is 1. The van der Waals surface area contributed by atoms with Gasteiger partial charge in [0.1, 0.15) is 5.54 Å². The third-order valence-electron chi connectivity index (χ3n) is 5.65. The maximum Gasteiger partial charge on any atom is 0.251 e. The van der Waals surface area contributed by atoms with Crippen LogP contribution < -0.4 is 21.0 Å². The molecule has 1 saturated carbocycles. The SMILES string of the molecule is Cc1ccc(C(=O)NC2CC2)cc1C1(CNC(CO)CO)NOc2ccccc21. The molecule has 1 fully saturated rings. The smallest absolute Gasteiger partial charge is 0.251 e. The van der Waals surface area contributed by atoms with Crippen LogP contribution in [0.5, 0.6) is 5.75 Å². The molecule has 1 heterocycles. The molecule has 0 spiro atoms. The van der Waals surface area contributed by atoms with Crippen LogP contribution in [-0.4, -0.2) is 48.0 Å². The largest absolute Gasteiger partial charge is 0.407 e. The van der Waals surface area contributed by atoms with Crippen molar-refractivity contribution in [2.24, 2.45) is 0 Å². The zero-order valence-electron chi connectivity index (χ0n) is 16.4. The molecule has 29 heavy (non-hydrogen) atoms. The van der Waals surface area contributed by atoms with Crippen molar-refractivity contribution in [1.29, 1.82) is 0 Å². The second kappa shape index (κ2) is 8.12. The van der Waals surface area contributed by atoms with Crippen molar-refractivity contribution >= 4 is 5.91 Å². The van der Waals surface area contributed by atoms with E-state index in [0.717, 1.165) is 29.5 Å². The molecule has 1 aliphatic heterocycles. The minimum Gasteiger partial charge on any atom is -0.407 e. The fraction of sp³-hybridized carbons (Fsp3) is 0.409. The van der Waals surface area contributed by atoms with E-state index in [-0.39, 0.29) is 25.2 Å². The number of carbonyl (C=O) groups excluding carboxylic acids is 1. The monoisotopic (exact) mass is 397 g/mol. The van der Waals surface area contributed by atoms with Crippen molar-refractivity contribution in [1.82, 2.24) is 16.1 Å². The van der Waals surface area contributed by atoms with Gasteiger partial charge in [-0.2, -0.15) is 0 Å². The Balaban J connectivity index is 1.74. The number of amides is 1. The first-order valence-corrected chi connectivity index (χ1v) is 9.98. The van der Waals surface area contributed by atoms with Crippen molar-refractivity contribution < 1.29 is 19.8 Å². The summed E-state index contributed by atoms with van der Waals surface area (Å²) >= 11 is 0. The Morgan fingerprint density at radius 1 is 1.21 bits per heavy atom. The molecule has 7 nitrogen and oxygen atoms in total. The van der Waals surface area contributed by atoms with Gasteiger partial charge in [0.15, 0.2) is 5.75 Å². The molecule has 1 unspecified atom stereocenters. The summed E-state index contributed by atoms with van der Waals surface area (Å²) in [4.78, 5) is 18.4. The lowest BCUT2D eigenvalue weighted by Crippen LogP contribution is -2.52. The molecule has 2 aromatic carbocycles. The molecule has 5 N–H and O–H groups in total. The number of para-hydroxylation sites is 1. The Hall–Kier alpha value is -2.45. The third-order valence-corrected chi connectivity index (χ3v) is 5.65. The van der Waals surface area contributed by atoms with Crippen molar-refractivity contribution in [2.45, 2.75) is 37.4 Å². The highest BCUT2D eigenvalue weighted by molar-refractivity contribution is 5.95. The van der Waals surface area contributed by atoms with Gasteiger partial charge in [-0.25, -0.2) is 0 Å². The van der Waals surface area contributed by atoms with E-state index in [4.69, 9.17) is 4.84 Å². The Bertz CT molecular complexity index is 895. The molecular formula is C22H27N3O4. The number of benzene rings is 2. The number of aliphatic hydroxyl groups is 2. The first-order chi connectivity index (χ1) is 14.1. The van der Waals surface area contributed by atoms with Crippen LogP contribution >= 0.6 is 0 Å². The first kappa shape index (κ1) is 19.8. The average Bonchev–Trinajstić information content (AvgIpc) is 3.48. The highest BCUT2D eigenvalue weighted by Crippen LogP contribution is 2.41. The van der Waals surface area contributed by atoms with Crippen LogP contribution in [0, 0.1) is 6.92 Å². The van der Waals surface area contributed by atoms with E-state index in [1.165, 1.54) is 0 Å². The molecule has 1 amide bonds.